The van der Waals surface area contributed by atoms with Gasteiger partial charge in [0.2, 0.25) is 0 Å². The van der Waals surface area contributed by atoms with Crippen LogP contribution in [0.5, 0.6) is 0 Å². The van der Waals surface area contributed by atoms with E-state index in [2.05, 4.69) is 24.3 Å². The number of rotatable bonds is 0. The van der Waals surface area contributed by atoms with Gasteiger partial charge in [-0.15, -0.1) is 0 Å². The van der Waals surface area contributed by atoms with Crippen molar-refractivity contribution in [2.45, 2.75) is 6.42 Å². The number of cyclic esters (lactones) is 2. The van der Waals surface area contributed by atoms with E-state index >= 15 is 0 Å². The lowest BCUT2D eigenvalue weighted by Gasteiger charge is -2.09. The summed E-state index contributed by atoms with van der Waals surface area (Å²) in [4.78, 5) is 24.3. The van der Waals surface area contributed by atoms with E-state index in [1.54, 1.807) is 0 Å². The second kappa shape index (κ2) is 3.82. The first-order valence-corrected chi connectivity index (χ1v) is 7.93. The lowest BCUT2D eigenvalue weighted by atomic mass is 9.92. The van der Waals surface area contributed by atoms with E-state index in [0.717, 1.165) is 32.4 Å². The van der Waals surface area contributed by atoms with Crippen LogP contribution in [0.15, 0.2) is 59.7 Å². The van der Waals surface area contributed by atoms with Crippen molar-refractivity contribution in [3.05, 3.63) is 70.1 Å². The number of benzene rings is 3. The number of hydrogen-bond acceptors (Lipinski definition) is 3. The molecule has 24 heavy (non-hydrogen) atoms. The molecule has 2 aliphatic carbocycles. The summed E-state index contributed by atoms with van der Waals surface area (Å²) in [6.45, 7) is 0. The van der Waals surface area contributed by atoms with Gasteiger partial charge in [0.1, 0.15) is 0 Å². The van der Waals surface area contributed by atoms with E-state index in [1.165, 1.54) is 10.8 Å². The van der Waals surface area contributed by atoms with Gasteiger partial charge in [-0.3, -0.25) is 0 Å². The minimum atomic E-state index is -0.497. The second-order valence-corrected chi connectivity index (χ2v) is 6.40. The zero-order valence-corrected chi connectivity index (χ0v) is 12.6. The van der Waals surface area contributed by atoms with Crippen molar-refractivity contribution in [1.29, 1.82) is 0 Å². The minimum Gasteiger partial charge on any atom is -0.386 e. The molecule has 0 N–H and O–H groups in total. The maximum Gasteiger partial charge on any atom is 0.347 e. The molecule has 0 fully saturated rings. The van der Waals surface area contributed by atoms with Gasteiger partial charge in [0.15, 0.2) is 0 Å². The molecule has 3 heteroatoms. The van der Waals surface area contributed by atoms with Gasteiger partial charge in [0.25, 0.3) is 0 Å². The van der Waals surface area contributed by atoms with Gasteiger partial charge in [-0.2, -0.15) is 0 Å². The maximum atomic E-state index is 12.1. The summed E-state index contributed by atoms with van der Waals surface area (Å²) in [7, 11) is 0. The Hall–Kier alpha value is -3.20. The average Bonchev–Trinajstić information content (AvgIpc) is 3.26. The third kappa shape index (κ3) is 1.19. The monoisotopic (exact) mass is 310 g/mol. The molecule has 0 spiro atoms. The molecule has 0 amide bonds. The third-order valence-electron chi connectivity index (χ3n) is 5.34. The zero-order valence-electron chi connectivity index (χ0n) is 12.6. The Labute approximate surface area is 136 Å². The van der Waals surface area contributed by atoms with Crippen molar-refractivity contribution >= 4 is 44.6 Å². The third-order valence-corrected chi connectivity index (χ3v) is 5.34. The molecule has 0 saturated carbocycles. The molecule has 0 radical (unpaired) electrons. The molecular formula is C21H10O3. The highest BCUT2D eigenvalue weighted by atomic mass is 16.6. The first-order valence-electron chi connectivity index (χ1n) is 7.93. The largest absolute Gasteiger partial charge is 0.386 e. The first kappa shape index (κ1) is 12.3. The lowest BCUT2D eigenvalue weighted by Crippen LogP contribution is -2.29. The Balaban J connectivity index is 1.99. The van der Waals surface area contributed by atoms with Crippen molar-refractivity contribution in [2.75, 3.05) is 0 Å². The zero-order chi connectivity index (χ0) is 16.0. The fourth-order valence-electron chi connectivity index (χ4n) is 4.49. The number of fused-ring (bicyclic) bond motifs is 10. The van der Waals surface area contributed by atoms with Crippen LogP contribution in [0.4, 0.5) is 0 Å². The number of ether oxygens (including phenoxy) is 1. The molecule has 0 unspecified atom stereocenters. The molecule has 3 aromatic rings. The molecule has 2 bridgehead atoms. The molecule has 0 saturated heterocycles. The molecule has 0 aromatic heterocycles. The summed E-state index contributed by atoms with van der Waals surface area (Å²) in [6.07, 6.45) is 0.652. The Kier molecular flexibility index (Phi) is 1.95. The van der Waals surface area contributed by atoms with Crippen molar-refractivity contribution in [3.63, 3.8) is 0 Å². The molecule has 3 aromatic carbocycles. The van der Waals surface area contributed by atoms with Crippen LogP contribution in [0.1, 0.15) is 6.42 Å². The van der Waals surface area contributed by atoms with Crippen LogP contribution >= 0.6 is 0 Å². The first-order chi connectivity index (χ1) is 11.8. The van der Waals surface area contributed by atoms with E-state index in [1.807, 2.05) is 24.3 Å². The summed E-state index contributed by atoms with van der Waals surface area (Å²) in [5.74, 6) is -0.995. The van der Waals surface area contributed by atoms with Gasteiger partial charge in [0, 0.05) is 6.42 Å². The van der Waals surface area contributed by atoms with E-state index in [4.69, 9.17) is 4.74 Å². The average molecular weight is 310 g/mol. The fraction of sp³-hybridized carbons (Fsp3) is 0.0476. The molecule has 6 rings (SSSR count). The van der Waals surface area contributed by atoms with Crippen LogP contribution < -0.4 is 10.4 Å². The van der Waals surface area contributed by atoms with Gasteiger partial charge in [0.05, 0.1) is 11.1 Å². The summed E-state index contributed by atoms with van der Waals surface area (Å²) in [5, 5.41) is 6.82. The number of carbonyl (C=O) groups is 2. The molecule has 3 nitrogen and oxygen atoms in total. The maximum absolute atomic E-state index is 12.1. The smallest absolute Gasteiger partial charge is 0.347 e. The van der Waals surface area contributed by atoms with Crippen molar-refractivity contribution in [1.82, 2.24) is 0 Å². The van der Waals surface area contributed by atoms with Gasteiger partial charge >= 0.3 is 11.9 Å². The Morgan fingerprint density at radius 3 is 1.50 bits per heavy atom. The summed E-state index contributed by atoms with van der Waals surface area (Å²) in [5.41, 5.74) is 2.88. The second-order valence-electron chi connectivity index (χ2n) is 6.40. The van der Waals surface area contributed by atoms with Crippen LogP contribution in [0.2, 0.25) is 0 Å². The Bertz CT molecular complexity index is 1220. The lowest BCUT2D eigenvalue weighted by molar-refractivity contribution is -0.150. The van der Waals surface area contributed by atoms with Crippen molar-refractivity contribution < 1.29 is 14.3 Å². The van der Waals surface area contributed by atoms with Gasteiger partial charge in [-0.25, -0.2) is 9.59 Å². The van der Waals surface area contributed by atoms with Crippen LogP contribution in [-0.4, -0.2) is 11.9 Å². The van der Waals surface area contributed by atoms with Gasteiger partial charge in [-0.05, 0) is 43.1 Å². The van der Waals surface area contributed by atoms with Crippen LogP contribution in [0, 0.1) is 0 Å². The highest BCUT2D eigenvalue weighted by molar-refractivity contribution is 6.31. The van der Waals surface area contributed by atoms with E-state index in [-0.39, 0.29) is 0 Å². The van der Waals surface area contributed by atoms with E-state index < -0.39 is 11.9 Å². The predicted octanol–water partition coefficient (Wildman–Crippen LogP) is 2.09. The molecular weight excluding hydrogens is 300 g/mol. The van der Waals surface area contributed by atoms with E-state index in [9.17, 15) is 9.59 Å². The predicted molar refractivity (Wildman–Crippen MR) is 90.3 cm³/mol. The van der Waals surface area contributed by atoms with Gasteiger partial charge in [-0.1, -0.05) is 48.5 Å². The normalized spacial score (nSPS) is 18.0. The number of hydrogen-bond donors (Lipinski definition) is 0. The molecule has 112 valence electrons. The Morgan fingerprint density at radius 1 is 0.625 bits per heavy atom. The van der Waals surface area contributed by atoms with Crippen LogP contribution in [-0.2, 0) is 14.3 Å². The number of esters is 2. The highest BCUT2D eigenvalue weighted by Crippen LogP contribution is 2.44. The van der Waals surface area contributed by atoms with E-state index in [0.29, 0.717) is 17.6 Å². The fourth-order valence-corrected chi connectivity index (χ4v) is 4.49. The van der Waals surface area contributed by atoms with Crippen LogP contribution in [0.25, 0.3) is 32.7 Å². The molecule has 1 aliphatic heterocycles. The topological polar surface area (TPSA) is 43.4 Å². The quantitative estimate of drug-likeness (QED) is 0.363. The van der Waals surface area contributed by atoms with Gasteiger partial charge < -0.3 is 4.74 Å². The molecule has 1 heterocycles. The van der Waals surface area contributed by atoms with Crippen LogP contribution in [0.3, 0.4) is 0 Å². The molecule has 0 atom stereocenters. The Morgan fingerprint density at radius 2 is 1.04 bits per heavy atom. The highest BCUT2D eigenvalue weighted by Gasteiger charge is 2.45. The van der Waals surface area contributed by atoms with Crippen molar-refractivity contribution in [2.24, 2.45) is 0 Å². The van der Waals surface area contributed by atoms with Crippen molar-refractivity contribution in [3.8, 4) is 0 Å². The number of carbonyl (C=O) groups excluding carboxylic acids is 2. The summed E-state index contributed by atoms with van der Waals surface area (Å²) < 4.78 is 4.87. The SMILES string of the molecule is O=C1OC(=O)C2=C1C1=c3c(c4ccccc4c4ccccc34)=C2C1. The summed E-state index contributed by atoms with van der Waals surface area (Å²) in [6, 6.07) is 16.5. The summed E-state index contributed by atoms with van der Waals surface area (Å²) >= 11 is 0. The molecule has 3 aliphatic rings. The minimum absolute atomic E-state index is 0.489. The standard InChI is InChI=1S/C21H10O3/c22-20-18-14-9-15(19(18)21(23)24-20)17-13-8-4-2-6-11(13)10-5-1-3-7-12(10)16(14)17/h1-8H,9H2.